The fraction of sp³-hybridized carbons (Fsp3) is 0.462. The fourth-order valence-electron chi connectivity index (χ4n) is 2.16. The van der Waals surface area contributed by atoms with Crippen LogP contribution in [0.3, 0.4) is 0 Å². The van der Waals surface area contributed by atoms with Crippen LogP contribution in [0.15, 0.2) is 30.3 Å². The van der Waals surface area contributed by atoms with E-state index in [0.29, 0.717) is 5.92 Å². The van der Waals surface area contributed by atoms with E-state index in [9.17, 15) is 5.26 Å². The molecular formula is C13H15N. The molecule has 0 aliphatic heterocycles. The van der Waals surface area contributed by atoms with Crippen LogP contribution < -0.4 is 0 Å². The van der Waals surface area contributed by atoms with Crippen LogP contribution in [0.2, 0.25) is 0 Å². The second-order valence-electron chi connectivity index (χ2n) is 4.31. The van der Waals surface area contributed by atoms with Crippen molar-refractivity contribution in [2.45, 2.75) is 31.6 Å². The van der Waals surface area contributed by atoms with Gasteiger partial charge in [-0.1, -0.05) is 36.8 Å². The highest BCUT2D eigenvalue weighted by atomic mass is 14.4. The first kappa shape index (κ1) is 9.27. The molecule has 1 unspecified atom stereocenters. The van der Waals surface area contributed by atoms with Crippen molar-refractivity contribution in [3.8, 4) is 6.07 Å². The summed E-state index contributed by atoms with van der Waals surface area (Å²) in [5, 5.41) is 9.32. The molecule has 1 aromatic carbocycles. The standard InChI is InChI=1S/C13H15N/c1-13(10-14,12-8-5-9-12)11-6-3-2-4-7-11/h2-4,6-7,12H,5,8-9H2,1H3. The average molecular weight is 185 g/mol. The van der Waals surface area contributed by atoms with Crippen molar-refractivity contribution in [1.82, 2.24) is 0 Å². The molecule has 1 saturated carbocycles. The van der Waals surface area contributed by atoms with Gasteiger partial charge in [-0.3, -0.25) is 0 Å². The third-order valence-electron chi connectivity index (χ3n) is 3.53. The number of benzene rings is 1. The van der Waals surface area contributed by atoms with Crippen molar-refractivity contribution in [2.75, 3.05) is 0 Å². The lowest BCUT2D eigenvalue weighted by molar-refractivity contribution is 0.223. The van der Waals surface area contributed by atoms with Gasteiger partial charge in [0.15, 0.2) is 0 Å². The van der Waals surface area contributed by atoms with Crippen LogP contribution >= 0.6 is 0 Å². The van der Waals surface area contributed by atoms with Crippen LogP contribution in [0.1, 0.15) is 31.7 Å². The van der Waals surface area contributed by atoms with Gasteiger partial charge in [0.25, 0.3) is 0 Å². The van der Waals surface area contributed by atoms with Crippen molar-refractivity contribution in [2.24, 2.45) is 5.92 Å². The number of nitriles is 1. The second kappa shape index (κ2) is 3.46. The molecule has 72 valence electrons. The first-order valence-electron chi connectivity index (χ1n) is 5.24. The van der Waals surface area contributed by atoms with Crippen LogP contribution in [0.4, 0.5) is 0 Å². The summed E-state index contributed by atoms with van der Waals surface area (Å²) >= 11 is 0. The van der Waals surface area contributed by atoms with Crippen LogP contribution in [0.25, 0.3) is 0 Å². The van der Waals surface area contributed by atoms with Gasteiger partial charge >= 0.3 is 0 Å². The van der Waals surface area contributed by atoms with E-state index in [1.807, 2.05) is 18.2 Å². The monoisotopic (exact) mass is 185 g/mol. The summed E-state index contributed by atoms with van der Waals surface area (Å²) in [5.41, 5.74) is 0.909. The van der Waals surface area contributed by atoms with Crippen molar-refractivity contribution in [1.29, 1.82) is 5.26 Å². The van der Waals surface area contributed by atoms with Gasteiger partial charge in [0.2, 0.25) is 0 Å². The van der Waals surface area contributed by atoms with E-state index >= 15 is 0 Å². The Labute approximate surface area is 85.4 Å². The molecule has 0 N–H and O–H groups in total. The first-order chi connectivity index (χ1) is 6.77. The molecule has 0 aromatic heterocycles. The van der Waals surface area contributed by atoms with Gasteiger partial charge in [-0.15, -0.1) is 0 Å². The van der Waals surface area contributed by atoms with Gasteiger partial charge in [-0.05, 0) is 31.2 Å². The Morgan fingerprint density at radius 1 is 1.29 bits per heavy atom. The summed E-state index contributed by atoms with van der Waals surface area (Å²) in [5.74, 6) is 0.565. The maximum Gasteiger partial charge on any atom is 0.0822 e. The molecule has 1 aliphatic carbocycles. The predicted octanol–water partition coefficient (Wildman–Crippen LogP) is 3.27. The largest absolute Gasteiger partial charge is 0.197 e. The number of hydrogen-bond donors (Lipinski definition) is 0. The Kier molecular flexibility index (Phi) is 2.29. The van der Waals surface area contributed by atoms with Crippen molar-refractivity contribution < 1.29 is 0 Å². The molecule has 1 atom stereocenters. The van der Waals surface area contributed by atoms with Gasteiger partial charge in [0, 0.05) is 0 Å². The Morgan fingerprint density at radius 2 is 1.93 bits per heavy atom. The van der Waals surface area contributed by atoms with E-state index in [1.165, 1.54) is 24.8 Å². The minimum absolute atomic E-state index is 0.264. The molecule has 0 heterocycles. The summed E-state index contributed by atoms with van der Waals surface area (Å²) in [6, 6.07) is 12.7. The molecule has 0 amide bonds. The third kappa shape index (κ3) is 1.32. The molecule has 14 heavy (non-hydrogen) atoms. The highest BCUT2D eigenvalue weighted by molar-refractivity contribution is 5.33. The Hall–Kier alpha value is -1.29. The van der Waals surface area contributed by atoms with Crippen LogP contribution in [0.5, 0.6) is 0 Å². The van der Waals surface area contributed by atoms with Crippen LogP contribution in [-0.2, 0) is 5.41 Å². The number of rotatable bonds is 2. The lowest BCUT2D eigenvalue weighted by Gasteiger charge is -2.38. The average Bonchev–Trinajstić information content (AvgIpc) is 2.16. The predicted molar refractivity (Wildman–Crippen MR) is 56.7 cm³/mol. The SMILES string of the molecule is CC(C#N)(c1ccccc1)C1CCC1. The minimum atomic E-state index is -0.264. The Morgan fingerprint density at radius 3 is 2.36 bits per heavy atom. The molecule has 0 radical (unpaired) electrons. The summed E-state index contributed by atoms with van der Waals surface area (Å²) in [7, 11) is 0. The highest BCUT2D eigenvalue weighted by Gasteiger charge is 2.39. The first-order valence-corrected chi connectivity index (χ1v) is 5.24. The lowest BCUT2D eigenvalue weighted by Crippen LogP contribution is -2.35. The summed E-state index contributed by atoms with van der Waals surface area (Å²) < 4.78 is 0. The molecular weight excluding hydrogens is 170 g/mol. The highest BCUT2D eigenvalue weighted by Crippen LogP contribution is 2.43. The van der Waals surface area contributed by atoms with E-state index in [2.05, 4.69) is 25.1 Å². The molecule has 2 rings (SSSR count). The maximum absolute atomic E-state index is 9.32. The summed E-state index contributed by atoms with van der Waals surface area (Å²) in [6.07, 6.45) is 3.70. The Bertz CT molecular complexity index is 345. The topological polar surface area (TPSA) is 23.8 Å². The van der Waals surface area contributed by atoms with Gasteiger partial charge in [0.1, 0.15) is 0 Å². The van der Waals surface area contributed by atoms with Crippen LogP contribution in [-0.4, -0.2) is 0 Å². The molecule has 1 nitrogen and oxygen atoms in total. The summed E-state index contributed by atoms with van der Waals surface area (Å²) in [6.45, 7) is 2.08. The zero-order valence-corrected chi connectivity index (χ0v) is 8.53. The van der Waals surface area contributed by atoms with E-state index in [4.69, 9.17) is 0 Å². The number of nitrogens with zero attached hydrogens (tertiary/aromatic N) is 1. The van der Waals surface area contributed by atoms with Gasteiger partial charge in [-0.2, -0.15) is 5.26 Å². The smallest absolute Gasteiger partial charge is 0.0822 e. The maximum atomic E-state index is 9.32. The van der Waals surface area contributed by atoms with Gasteiger partial charge < -0.3 is 0 Å². The van der Waals surface area contributed by atoms with Gasteiger partial charge in [0.05, 0.1) is 11.5 Å². The quantitative estimate of drug-likeness (QED) is 0.693. The van der Waals surface area contributed by atoms with Gasteiger partial charge in [-0.25, -0.2) is 0 Å². The second-order valence-corrected chi connectivity index (χ2v) is 4.31. The van der Waals surface area contributed by atoms with Crippen molar-refractivity contribution in [3.63, 3.8) is 0 Å². The van der Waals surface area contributed by atoms with Crippen molar-refractivity contribution in [3.05, 3.63) is 35.9 Å². The minimum Gasteiger partial charge on any atom is -0.197 e. The molecule has 1 aromatic rings. The van der Waals surface area contributed by atoms with E-state index in [-0.39, 0.29) is 5.41 Å². The normalized spacial score (nSPS) is 20.6. The van der Waals surface area contributed by atoms with Crippen molar-refractivity contribution >= 4 is 0 Å². The fourth-order valence-corrected chi connectivity index (χ4v) is 2.16. The van der Waals surface area contributed by atoms with E-state index in [0.717, 1.165) is 0 Å². The molecule has 1 fully saturated rings. The molecule has 1 aliphatic rings. The zero-order valence-electron chi connectivity index (χ0n) is 8.53. The zero-order chi connectivity index (χ0) is 10.0. The van der Waals surface area contributed by atoms with Crippen LogP contribution in [0, 0.1) is 17.2 Å². The Balaban J connectivity index is 2.33. The molecule has 0 saturated heterocycles. The lowest BCUT2D eigenvalue weighted by atomic mass is 9.64. The summed E-state index contributed by atoms with van der Waals surface area (Å²) in [4.78, 5) is 0. The molecule has 1 heteroatoms. The van der Waals surface area contributed by atoms with E-state index in [1.54, 1.807) is 0 Å². The molecule has 0 bridgehead atoms. The number of hydrogen-bond acceptors (Lipinski definition) is 1. The third-order valence-corrected chi connectivity index (χ3v) is 3.53. The van der Waals surface area contributed by atoms with E-state index < -0.39 is 0 Å². The molecule has 0 spiro atoms.